The Balaban J connectivity index is 2.58. The molecular weight excluding hydrogens is 228 g/mol. The van der Waals surface area contributed by atoms with Crippen molar-refractivity contribution in [2.24, 2.45) is 0 Å². The Morgan fingerprint density at radius 3 is 2.76 bits per heavy atom. The first-order valence-electron chi connectivity index (χ1n) is 5.42. The van der Waals surface area contributed by atoms with E-state index in [0.717, 1.165) is 4.90 Å². The smallest absolute Gasteiger partial charge is 0.326 e. The zero-order valence-electron chi connectivity index (χ0n) is 9.92. The molecule has 3 atom stereocenters. The molecule has 0 aromatic heterocycles. The van der Waals surface area contributed by atoms with Crippen LogP contribution in [-0.2, 0) is 9.53 Å². The second kappa shape index (κ2) is 5.83. The van der Waals surface area contributed by atoms with Crippen LogP contribution >= 0.6 is 0 Å². The number of likely N-dealkylation sites (tertiary alicyclic amines) is 1. The van der Waals surface area contributed by atoms with E-state index in [2.05, 4.69) is 5.32 Å². The van der Waals surface area contributed by atoms with Crippen molar-refractivity contribution in [2.75, 3.05) is 20.3 Å². The quantitative estimate of drug-likeness (QED) is 0.606. The molecule has 0 aromatic rings. The van der Waals surface area contributed by atoms with Gasteiger partial charge in [0, 0.05) is 20.1 Å². The molecule has 3 unspecified atom stereocenters. The van der Waals surface area contributed by atoms with Crippen molar-refractivity contribution in [3.63, 3.8) is 0 Å². The minimum atomic E-state index is -1.10. The number of amides is 2. The number of hydrogen-bond acceptors (Lipinski definition) is 4. The van der Waals surface area contributed by atoms with Gasteiger partial charge in [-0.15, -0.1) is 0 Å². The number of rotatable bonds is 4. The lowest BCUT2D eigenvalue weighted by Crippen LogP contribution is -2.49. The summed E-state index contributed by atoms with van der Waals surface area (Å²) < 4.78 is 4.86. The standard InChI is InChI=1S/C10H18N2O5/c1-6(5-17-2)11-10(16)12-4-7(13)3-8(12)9(14)15/h6-8,13H,3-5H2,1-2H3,(H,11,16)(H,14,15). The predicted molar refractivity (Wildman–Crippen MR) is 58.6 cm³/mol. The summed E-state index contributed by atoms with van der Waals surface area (Å²) in [5.41, 5.74) is 0. The number of hydrogen-bond donors (Lipinski definition) is 3. The van der Waals surface area contributed by atoms with Crippen molar-refractivity contribution in [2.45, 2.75) is 31.5 Å². The van der Waals surface area contributed by atoms with Gasteiger partial charge in [0.1, 0.15) is 6.04 Å². The highest BCUT2D eigenvalue weighted by atomic mass is 16.5. The van der Waals surface area contributed by atoms with Crippen LogP contribution in [-0.4, -0.2) is 65.6 Å². The number of carbonyl (C=O) groups excluding carboxylic acids is 1. The average molecular weight is 246 g/mol. The van der Waals surface area contributed by atoms with E-state index >= 15 is 0 Å². The number of methoxy groups -OCH3 is 1. The maximum Gasteiger partial charge on any atom is 0.326 e. The number of ether oxygens (including phenoxy) is 1. The molecule has 2 amide bonds. The van der Waals surface area contributed by atoms with Gasteiger partial charge in [-0.3, -0.25) is 0 Å². The van der Waals surface area contributed by atoms with E-state index in [9.17, 15) is 14.7 Å². The fourth-order valence-electron chi connectivity index (χ4n) is 1.86. The maximum atomic E-state index is 11.8. The lowest BCUT2D eigenvalue weighted by Gasteiger charge is -2.23. The predicted octanol–water partition coefficient (Wildman–Crippen LogP) is -0.749. The summed E-state index contributed by atoms with van der Waals surface area (Å²) in [6, 6.07) is -1.65. The average Bonchev–Trinajstić information content (AvgIpc) is 2.60. The number of aliphatic hydroxyl groups is 1. The van der Waals surface area contributed by atoms with E-state index in [-0.39, 0.29) is 19.0 Å². The molecule has 1 aliphatic heterocycles. The number of urea groups is 1. The number of nitrogens with one attached hydrogen (secondary N) is 1. The molecule has 1 heterocycles. The Bertz CT molecular complexity index is 296. The third kappa shape index (κ3) is 3.57. The molecule has 17 heavy (non-hydrogen) atoms. The van der Waals surface area contributed by atoms with Crippen molar-refractivity contribution < 1.29 is 24.5 Å². The first kappa shape index (κ1) is 13.7. The number of β-amino-alcohol motifs (C(OH)–C–C–N with tert-alkyl or cyclic N) is 1. The Hall–Kier alpha value is -1.34. The van der Waals surface area contributed by atoms with Gasteiger partial charge >= 0.3 is 12.0 Å². The van der Waals surface area contributed by atoms with Crippen LogP contribution in [0.2, 0.25) is 0 Å². The van der Waals surface area contributed by atoms with E-state index in [1.54, 1.807) is 6.92 Å². The van der Waals surface area contributed by atoms with Gasteiger partial charge in [-0.25, -0.2) is 9.59 Å². The number of aliphatic hydroxyl groups excluding tert-OH is 1. The third-order valence-electron chi connectivity index (χ3n) is 2.61. The van der Waals surface area contributed by atoms with Crippen molar-refractivity contribution in [1.82, 2.24) is 10.2 Å². The van der Waals surface area contributed by atoms with Gasteiger partial charge in [0.15, 0.2) is 0 Å². The second-order valence-electron chi connectivity index (χ2n) is 4.20. The first-order valence-corrected chi connectivity index (χ1v) is 5.42. The lowest BCUT2D eigenvalue weighted by atomic mass is 10.2. The Morgan fingerprint density at radius 1 is 1.59 bits per heavy atom. The highest BCUT2D eigenvalue weighted by Gasteiger charge is 2.39. The molecule has 1 aliphatic rings. The van der Waals surface area contributed by atoms with Gasteiger partial charge in [-0.1, -0.05) is 0 Å². The monoisotopic (exact) mass is 246 g/mol. The first-order chi connectivity index (χ1) is 7.95. The minimum Gasteiger partial charge on any atom is -0.480 e. The van der Waals surface area contributed by atoms with E-state index in [1.807, 2.05) is 0 Å². The van der Waals surface area contributed by atoms with Gasteiger partial charge in [-0.05, 0) is 6.92 Å². The highest BCUT2D eigenvalue weighted by Crippen LogP contribution is 2.18. The van der Waals surface area contributed by atoms with Gasteiger partial charge in [-0.2, -0.15) is 0 Å². The van der Waals surface area contributed by atoms with Crippen LogP contribution in [0, 0.1) is 0 Å². The molecule has 0 bridgehead atoms. The normalized spacial score (nSPS) is 25.7. The number of carboxylic acids is 1. The second-order valence-corrected chi connectivity index (χ2v) is 4.20. The van der Waals surface area contributed by atoms with Crippen LogP contribution in [0.3, 0.4) is 0 Å². The van der Waals surface area contributed by atoms with E-state index in [1.165, 1.54) is 7.11 Å². The van der Waals surface area contributed by atoms with Gasteiger partial charge < -0.3 is 25.2 Å². The molecule has 0 aromatic carbocycles. The molecule has 98 valence electrons. The Morgan fingerprint density at radius 2 is 2.24 bits per heavy atom. The van der Waals surface area contributed by atoms with Gasteiger partial charge in [0.2, 0.25) is 0 Å². The molecule has 1 fully saturated rings. The summed E-state index contributed by atoms with van der Waals surface area (Å²) in [5, 5.41) is 20.9. The summed E-state index contributed by atoms with van der Waals surface area (Å²) in [4.78, 5) is 23.8. The SMILES string of the molecule is COCC(C)NC(=O)N1CC(O)CC1C(=O)O. The molecule has 0 spiro atoms. The zero-order valence-corrected chi connectivity index (χ0v) is 9.92. The van der Waals surface area contributed by atoms with Gasteiger partial charge in [0.25, 0.3) is 0 Å². The van der Waals surface area contributed by atoms with Crippen LogP contribution in [0.5, 0.6) is 0 Å². The van der Waals surface area contributed by atoms with Crippen LogP contribution < -0.4 is 5.32 Å². The van der Waals surface area contributed by atoms with Crippen LogP contribution in [0.15, 0.2) is 0 Å². The number of carboxylic acid groups (broad SMARTS) is 1. The third-order valence-corrected chi connectivity index (χ3v) is 2.61. The molecular formula is C10H18N2O5. The van der Waals surface area contributed by atoms with Crippen LogP contribution in [0.4, 0.5) is 4.79 Å². The van der Waals surface area contributed by atoms with Crippen molar-refractivity contribution in [3.8, 4) is 0 Å². The largest absolute Gasteiger partial charge is 0.480 e. The summed E-state index contributed by atoms with van der Waals surface area (Å²) in [6.07, 6.45) is -0.707. The molecule has 0 aliphatic carbocycles. The number of aliphatic carboxylic acids is 1. The molecule has 7 nitrogen and oxygen atoms in total. The van der Waals surface area contributed by atoms with Crippen molar-refractivity contribution in [3.05, 3.63) is 0 Å². The summed E-state index contributed by atoms with van der Waals surface area (Å²) in [6.45, 7) is 2.14. The summed E-state index contributed by atoms with van der Waals surface area (Å²) in [5.74, 6) is -1.10. The van der Waals surface area contributed by atoms with Crippen LogP contribution in [0.25, 0.3) is 0 Å². The van der Waals surface area contributed by atoms with Crippen molar-refractivity contribution in [1.29, 1.82) is 0 Å². The number of carbonyl (C=O) groups is 2. The lowest BCUT2D eigenvalue weighted by molar-refractivity contribution is -0.141. The zero-order chi connectivity index (χ0) is 13.0. The highest BCUT2D eigenvalue weighted by molar-refractivity contribution is 5.83. The van der Waals surface area contributed by atoms with E-state index < -0.39 is 24.1 Å². The Kier molecular flexibility index (Phi) is 4.71. The summed E-state index contributed by atoms with van der Waals surface area (Å²) in [7, 11) is 1.52. The summed E-state index contributed by atoms with van der Waals surface area (Å²) >= 11 is 0. The minimum absolute atomic E-state index is 0.0441. The molecule has 3 N–H and O–H groups in total. The molecule has 0 saturated carbocycles. The van der Waals surface area contributed by atoms with E-state index in [4.69, 9.17) is 9.84 Å². The Labute approximate surface area is 99.4 Å². The topological polar surface area (TPSA) is 99.1 Å². The fourth-order valence-corrected chi connectivity index (χ4v) is 1.86. The fraction of sp³-hybridized carbons (Fsp3) is 0.800. The van der Waals surface area contributed by atoms with Crippen molar-refractivity contribution >= 4 is 12.0 Å². The van der Waals surface area contributed by atoms with Gasteiger partial charge in [0.05, 0.1) is 18.8 Å². The maximum absolute atomic E-state index is 11.8. The number of nitrogens with zero attached hydrogens (tertiary/aromatic N) is 1. The molecule has 0 radical (unpaired) electrons. The van der Waals surface area contributed by atoms with E-state index in [0.29, 0.717) is 6.61 Å². The molecule has 1 saturated heterocycles. The molecule has 1 rings (SSSR count). The molecule has 7 heteroatoms. The van der Waals surface area contributed by atoms with Crippen LogP contribution in [0.1, 0.15) is 13.3 Å².